The van der Waals surface area contributed by atoms with Crippen molar-refractivity contribution in [2.24, 2.45) is 10.9 Å². The summed E-state index contributed by atoms with van der Waals surface area (Å²) in [5.74, 6) is 1.38. The lowest BCUT2D eigenvalue weighted by Gasteiger charge is -2.30. The van der Waals surface area contributed by atoms with Gasteiger partial charge in [0, 0.05) is 19.6 Å². The zero-order valence-corrected chi connectivity index (χ0v) is 8.50. The fraction of sp³-hybridized carbons (Fsp3) is 0.900. The zero-order valence-electron chi connectivity index (χ0n) is 8.50. The first-order valence-electron chi connectivity index (χ1n) is 5.56. The third-order valence-electron chi connectivity index (χ3n) is 3.07. The molecule has 0 radical (unpaired) electrons. The standard InChI is InChI=1S/C10H19N3O/c14-9(8-3-1-4-8)7-13-10-11-5-2-6-12-10/h8-9,14H,1-7H2,(H2,11,12,13). The summed E-state index contributed by atoms with van der Waals surface area (Å²) in [4.78, 5) is 4.29. The molecule has 4 nitrogen and oxygen atoms in total. The van der Waals surface area contributed by atoms with Gasteiger partial charge in [-0.25, -0.2) is 0 Å². The Hall–Kier alpha value is -0.770. The van der Waals surface area contributed by atoms with E-state index in [0.717, 1.165) is 25.5 Å². The molecule has 2 rings (SSSR count). The summed E-state index contributed by atoms with van der Waals surface area (Å²) < 4.78 is 0. The summed E-state index contributed by atoms with van der Waals surface area (Å²) in [6.45, 7) is 2.52. The van der Waals surface area contributed by atoms with E-state index >= 15 is 0 Å². The van der Waals surface area contributed by atoms with Crippen molar-refractivity contribution in [3.8, 4) is 0 Å². The Bertz CT molecular complexity index is 213. The minimum absolute atomic E-state index is 0.199. The second kappa shape index (κ2) is 4.64. The van der Waals surface area contributed by atoms with Crippen LogP contribution in [0.5, 0.6) is 0 Å². The average molecular weight is 197 g/mol. The van der Waals surface area contributed by atoms with E-state index in [2.05, 4.69) is 15.6 Å². The second-order valence-corrected chi connectivity index (χ2v) is 4.15. The van der Waals surface area contributed by atoms with Crippen LogP contribution in [-0.2, 0) is 0 Å². The first-order valence-corrected chi connectivity index (χ1v) is 5.56. The number of nitrogens with zero attached hydrogens (tertiary/aromatic N) is 1. The van der Waals surface area contributed by atoms with Crippen molar-refractivity contribution in [2.45, 2.75) is 31.8 Å². The Morgan fingerprint density at radius 1 is 1.50 bits per heavy atom. The minimum atomic E-state index is -0.199. The second-order valence-electron chi connectivity index (χ2n) is 4.15. The molecule has 0 aromatic carbocycles. The molecule has 2 aliphatic rings. The molecule has 1 aliphatic heterocycles. The average Bonchev–Trinajstić information content (AvgIpc) is 2.14. The molecule has 80 valence electrons. The van der Waals surface area contributed by atoms with Crippen LogP contribution in [-0.4, -0.2) is 36.8 Å². The molecule has 1 saturated carbocycles. The van der Waals surface area contributed by atoms with Crippen LogP contribution in [0.1, 0.15) is 25.7 Å². The van der Waals surface area contributed by atoms with Crippen molar-refractivity contribution in [3.63, 3.8) is 0 Å². The van der Waals surface area contributed by atoms with Crippen LogP contribution in [0.4, 0.5) is 0 Å². The van der Waals surface area contributed by atoms with Gasteiger partial charge in [0.1, 0.15) is 0 Å². The highest BCUT2D eigenvalue weighted by Gasteiger charge is 2.25. The number of rotatable bonds is 3. The summed E-state index contributed by atoms with van der Waals surface area (Å²) in [6, 6.07) is 0. The van der Waals surface area contributed by atoms with Crippen LogP contribution in [0.2, 0.25) is 0 Å². The summed E-state index contributed by atoms with van der Waals surface area (Å²) in [5, 5.41) is 16.1. The van der Waals surface area contributed by atoms with Gasteiger partial charge in [-0.3, -0.25) is 4.99 Å². The van der Waals surface area contributed by atoms with Gasteiger partial charge in [0.15, 0.2) is 5.96 Å². The monoisotopic (exact) mass is 197 g/mol. The van der Waals surface area contributed by atoms with Crippen LogP contribution in [0.3, 0.4) is 0 Å². The van der Waals surface area contributed by atoms with Gasteiger partial charge < -0.3 is 15.7 Å². The Morgan fingerprint density at radius 2 is 2.36 bits per heavy atom. The van der Waals surface area contributed by atoms with E-state index in [9.17, 15) is 5.11 Å². The SMILES string of the molecule is OC(CNC1=NCCCN1)C1CCC1. The van der Waals surface area contributed by atoms with Crippen molar-refractivity contribution >= 4 is 5.96 Å². The van der Waals surface area contributed by atoms with Gasteiger partial charge in [-0.2, -0.15) is 0 Å². The van der Waals surface area contributed by atoms with Crippen molar-refractivity contribution in [3.05, 3.63) is 0 Å². The lowest BCUT2D eigenvalue weighted by molar-refractivity contribution is 0.0659. The van der Waals surface area contributed by atoms with Crippen molar-refractivity contribution < 1.29 is 5.11 Å². The predicted molar refractivity (Wildman–Crippen MR) is 56.3 cm³/mol. The predicted octanol–water partition coefficient (Wildman–Crippen LogP) is 0.0863. The molecule has 1 heterocycles. The first-order chi connectivity index (χ1) is 6.86. The maximum atomic E-state index is 9.75. The van der Waals surface area contributed by atoms with Crippen LogP contribution in [0.25, 0.3) is 0 Å². The van der Waals surface area contributed by atoms with Gasteiger partial charge in [0.25, 0.3) is 0 Å². The topological polar surface area (TPSA) is 56.6 Å². The third kappa shape index (κ3) is 2.38. The molecule has 3 N–H and O–H groups in total. The maximum Gasteiger partial charge on any atom is 0.191 e. The third-order valence-corrected chi connectivity index (χ3v) is 3.07. The summed E-state index contributed by atoms with van der Waals surface area (Å²) in [6.07, 6.45) is 4.55. The highest BCUT2D eigenvalue weighted by Crippen LogP contribution is 2.29. The number of hydrogen-bond donors (Lipinski definition) is 3. The van der Waals surface area contributed by atoms with E-state index in [1.54, 1.807) is 0 Å². The molecule has 1 atom stereocenters. The number of nitrogens with one attached hydrogen (secondary N) is 2. The number of aliphatic hydroxyl groups is 1. The van der Waals surface area contributed by atoms with Gasteiger partial charge in [0.2, 0.25) is 0 Å². The molecule has 0 aromatic heterocycles. The van der Waals surface area contributed by atoms with E-state index < -0.39 is 0 Å². The van der Waals surface area contributed by atoms with E-state index in [4.69, 9.17) is 0 Å². The molecule has 1 unspecified atom stereocenters. The van der Waals surface area contributed by atoms with E-state index in [0.29, 0.717) is 12.5 Å². The fourth-order valence-corrected chi connectivity index (χ4v) is 1.84. The molecule has 1 fully saturated rings. The molecule has 4 heteroatoms. The molecule has 0 amide bonds. The van der Waals surface area contributed by atoms with Gasteiger partial charge >= 0.3 is 0 Å². The normalized spacial score (nSPS) is 24.5. The van der Waals surface area contributed by atoms with E-state index in [1.807, 2.05) is 0 Å². The largest absolute Gasteiger partial charge is 0.391 e. The fourth-order valence-electron chi connectivity index (χ4n) is 1.84. The molecule has 0 spiro atoms. The van der Waals surface area contributed by atoms with E-state index in [-0.39, 0.29) is 6.10 Å². The number of guanidine groups is 1. The summed E-state index contributed by atoms with van der Waals surface area (Å²) in [7, 11) is 0. The Morgan fingerprint density at radius 3 is 2.93 bits per heavy atom. The van der Waals surface area contributed by atoms with Crippen molar-refractivity contribution in [2.75, 3.05) is 19.6 Å². The van der Waals surface area contributed by atoms with Crippen LogP contribution in [0, 0.1) is 5.92 Å². The molecular weight excluding hydrogens is 178 g/mol. The summed E-state index contributed by atoms with van der Waals surface area (Å²) >= 11 is 0. The Labute approximate surface area is 84.8 Å². The van der Waals surface area contributed by atoms with Crippen molar-refractivity contribution in [1.82, 2.24) is 10.6 Å². The highest BCUT2D eigenvalue weighted by atomic mass is 16.3. The van der Waals surface area contributed by atoms with Crippen LogP contribution in [0.15, 0.2) is 4.99 Å². The lowest BCUT2D eigenvalue weighted by Crippen LogP contribution is -2.45. The molecular formula is C10H19N3O. The van der Waals surface area contributed by atoms with Crippen LogP contribution >= 0.6 is 0 Å². The molecule has 14 heavy (non-hydrogen) atoms. The number of hydrogen-bond acceptors (Lipinski definition) is 4. The smallest absolute Gasteiger partial charge is 0.191 e. The molecule has 0 bridgehead atoms. The lowest BCUT2D eigenvalue weighted by atomic mass is 9.81. The Balaban J connectivity index is 1.67. The van der Waals surface area contributed by atoms with Gasteiger partial charge in [-0.15, -0.1) is 0 Å². The highest BCUT2D eigenvalue weighted by molar-refractivity contribution is 5.80. The van der Waals surface area contributed by atoms with Gasteiger partial charge in [0.05, 0.1) is 6.10 Å². The minimum Gasteiger partial charge on any atom is -0.391 e. The maximum absolute atomic E-state index is 9.75. The zero-order chi connectivity index (χ0) is 9.80. The first kappa shape index (κ1) is 9.77. The van der Waals surface area contributed by atoms with Gasteiger partial charge in [-0.1, -0.05) is 6.42 Å². The number of aliphatic imine (C=N–C) groups is 1. The number of aliphatic hydroxyl groups excluding tert-OH is 1. The van der Waals surface area contributed by atoms with E-state index in [1.165, 1.54) is 19.3 Å². The Kier molecular flexibility index (Phi) is 3.24. The molecule has 1 aliphatic carbocycles. The van der Waals surface area contributed by atoms with Crippen molar-refractivity contribution in [1.29, 1.82) is 0 Å². The quantitative estimate of drug-likeness (QED) is 0.601. The molecule has 0 saturated heterocycles. The van der Waals surface area contributed by atoms with Gasteiger partial charge in [-0.05, 0) is 25.2 Å². The van der Waals surface area contributed by atoms with Crippen LogP contribution < -0.4 is 10.6 Å². The molecule has 0 aromatic rings. The summed E-state index contributed by atoms with van der Waals surface area (Å²) in [5.41, 5.74) is 0.